The molecule has 0 aromatic carbocycles. The molecule has 0 radical (unpaired) electrons. The van der Waals surface area contributed by atoms with Crippen molar-refractivity contribution in [1.29, 1.82) is 0 Å². The van der Waals surface area contributed by atoms with Crippen molar-refractivity contribution in [2.75, 3.05) is 11.9 Å². The van der Waals surface area contributed by atoms with Gasteiger partial charge in [-0.3, -0.25) is 4.98 Å². The van der Waals surface area contributed by atoms with Crippen LogP contribution in [-0.4, -0.2) is 26.7 Å². The number of nitrogens with zero attached hydrogens (tertiary/aromatic N) is 4. The molecule has 23 heavy (non-hydrogen) atoms. The minimum atomic E-state index is 0.534. The number of aryl methyl sites for hydroxylation is 3. The molecule has 0 bridgehead atoms. The average molecular weight is 309 g/mol. The van der Waals surface area contributed by atoms with Crippen molar-refractivity contribution < 1.29 is 4.42 Å². The Morgan fingerprint density at radius 2 is 2.13 bits per heavy atom. The molecule has 3 aromatic heterocycles. The summed E-state index contributed by atoms with van der Waals surface area (Å²) in [7, 11) is 0. The topological polar surface area (TPSA) is 76.7 Å². The monoisotopic (exact) mass is 309 g/mol. The summed E-state index contributed by atoms with van der Waals surface area (Å²) >= 11 is 0. The van der Waals surface area contributed by atoms with Crippen LogP contribution in [0.2, 0.25) is 0 Å². The van der Waals surface area contributed by atoms with Gasteiger partial charge in [-0.2, -0.15) is 5.10 Å². The van der Waals surface area contributed by atoms with Gasteiger partial charge in [-0.25, -0.2) is 4.98 Å². The third-order valence-electron chi connectivity index (χ3n) is 3.52. The molecule has 3 rings (SSSR count). The predicted octanol–water partition coefficient (Wildman–Crippen LogP) is 3.19. The van der Waals surface area contributed by atoms with Crippen LogP contribution >= 0.6 is 0 Å². The van der Waals surface area contributed by atoms with Gasteiger partial charge >= 0.3 is 0 Å². The third kappa shape index (κ3) is 3.91. The first-order valence-electron chi connectivity index (χ1n) is 7.62. The highest BCUT2D eigenvalue weighted by atomic mass is 16.3. The summed E-state index contributed by atoms with van der Waals surface area (Å²) in [6, 6.07) is 6.00. The van der Waals surface area contributed by atoms with E-state index in [0.29, 0.717) is 5.95 Å². The third-order valence-corrected chi connectivity index (χ3v) is 3.52. The van der Waals surface area contributed by atoms with E-state index in [4.69, 9.17) is 4.42 Å². The molecule has 0 aliphatic heterocycles. The van der Waals surface area contributed by atoms with Crippen LogP contribution in [0.3, 0.4) is 0 Å². The molecule has 6 nitrogen and oxygen atoms in total. The fourth-order valence-electron chi connectivity index (χ4n) is 2.43. The number of pyridine rings is 1. The molecule has 0 aliphatic rings. The zero-order valence-electron chi connectivity index (χ0n) is 13.3. The Hall–Kier alpha value is -2.76. The Balaban J connectivity index is 1.59. The molecule has 0 spiro atoms. The summed E-state index contributed by atoms with van der Waals surface area (Å²) < 4.78 is 5.54. The SMILES string of the molecule is Cc1cc(-c2cnnc(NCCCc3cccnc3)n2)c(C)o1. The van der Waals surface area contributed by atoms with Crippen LogP contribution in [0.15, 0.2) is 41.2 Å². The van der Waals surface area contributed by atoms with Gasteiger partial charge in [0.15, 0.2) is 0 Å². The van der Waals surface area contributed by atoms with Crippen molar-refractivity contribution in [1.82, 2.24) is 20.2 Å². The molecule has 0 fully saturated rings. The molecule has 0 unspecified atom stereocenters. The largest absolute Gasteiger partial charge is 0.466 e. The second-order valence-electron chi connectivity index (χ2n) is 5.38. The van der Waals surface area contributed by atoms with E-state index in [1.807, 2.05) is 32.2 Å². The van der Waals surface area contributed by atoms with Crippen LogP contribution < -0.4 is 5.32 Å². The van der Waals surface area contributed by atoms with E-state index in [9.17, 15) is 0 Å². The second-order valence-corrected chi connectivity index (χ2v) is 5.38. The Labute approximate surface area is 135 Å². The van der Waals surface area contributed by atoms with Gasteiger partial charge in [0.25, 0.3) is 0 Å². The van der Waals surface area contributed by atoms with Gasteiger partial charge in [-0.1, -0.05) is 6.07 Å². The number of rotatable bonds is 6. The van der Waals surface area contributed by atoms with E-state index in [0.717, 1.165) is 42.2 Å². The van der Waals surface area contributed by atoms with Gasteiger partial charge < -0.3 is 9.73 Å². The van der Waals surface area contributed by atoms with E-state index in [1.54, 1.807) is 12.4 Å². The standard InChI is InChI=1S/C17H19N5O/c1-12-9-15(13(2)23-12)16-11-20-22-17(21-16)19-8-4-6-14-5-3-7-18-10-14/h3,5,7,9-11H,4,6,8H2,1-2H3,(H,19,21,22). The second kappa shape index (κ2) is 7.00. The highest BCUT2D eigenvalue weighted by Gasteiger charge is 2.10. The summed E-state index contributed by atoms with van der Waals surface area (Å²) in [6.45, 7) is 4.62. The van der Waals surface area contributed by atoms with E-state index in [1.165, 1.54) is 5.56 Å². The maximum absolute atomic E-state index is 5.54. The summed E-state index contributed by atoms with van der Waals surface area (Å²) in [5.74, 6) is 2.24. The number of hydrogen-bond acceptors (Lipinski definition) is 6. The molecule has 0 saturated carbocycles. The van der Waals surface area contributed by atoms with Crippen LogP contribution in [0.5, 0.6) is 0 Å². The first kappa shape index (κ1) is 15.1. The smallest absolute Gasteiger partial charge is 0.243 e. The van der Waals surface area contributed by atoms with Crippen molar-refractivity contribution in [3.05, 3.63) is 53.9 Å². The molecular weight excluding hydrogens is 290 g/mol. The summed E-state index contributed by atoms with van der Waals surface area (Å²) in [6.07, 6.45) is 7.27. The lowest BCUT2D eigenvalue weighted by molar-refractivity contribution is 0.505. The quantitative estimate of drug-likeness (QED) is 0.705. The normalized spacial score (nSPS) is 10.7. The summed E-state index contributed by atoms with van der Waals surface area (Å²) in [5, 5.41) is 11.3. The van der Waals surface area contributed by atoms with Crippen LogP contribution in [0.1, 0.15) is 23.5 Å². The van der Waals surface area contributed by atoms with Crippen molar-refractivity contribution >= 4 is 5.95 Å². The minimum absolute atomic E-state index is 0.534. The van der Waals surface area contributed by atoms with Crippen molar-refractivity contribution in [3.8, 4) is 11.3 Å². The maximum Gasteiger partial charge on any atom is 0.243 e. The fourth-order valence-corrected chi connectivity index (χ4v) is 2.43. The van der Waals surface area contributed by atoms with Gasteiger partial charge in [-0.15, -0.1) is 5.10 Å². The average Bonchev–Trinajstić information content (AvgIpc) is 2.91. The van der Waals surface area contributed by atoms with E-state index >= 15 is 0 Å². The Morgan fingerprint density at radius 1 is 1.22 bits per heavy atom. The fraction of sp³-hybridized carbons (Fsp3) is 0.294. The van der Waals surface area contributed by atoms with Crippen LogP contribution in [-0.2, 0) is 6.42 Å². The van der Waals surface area contributed by atoms with Gasteiger partial charge in [0.2, 0.25) is 5.95 Å². The number of nitrogens with one attached hydrogen (secondary N) is 1. The summed E-state index contributed by atoms with van der Waals surface area (Å²) in [5.41, 5.74) is 2.95. The van der Waals surface area contributed by atoms with Gasteiger partial charge in [0.1, 0.15) is 11.5 Å². The molecule has 3 heterocycles. The van der Waals surface area contributed by atoms with Crippen molar-refractivity contribution in [3.63, 3.8) is 0 Å². The lowest BCUT2D eigenvalue weighted by atomic mass is 10.1. The van der Waals surface area contributed by atoms with Gasteiger partial charge in [0, 0.05) is 24.5 Å². The highest BCUT2D eigenvalue weighted by Crippen LogP contribution is 2.24. The van der Waals surface area contributed by atoms with Crippen LogP contribution in [0.4, 0.5) is 5.95 Å². The molecule has 6 heteroatoms. The van der Waals surface area contributed by atoms with Gasteiger partial charge in [-0.05, 0) is 44.4 Å². The molecule has 1 N–H and O–H groups in total. The lowest BCUT2D eigenvalue weighted by Crippen LogP contribution is -2.07. The maximum atomic E-state index is 5.54. The van der Waals surface area contributed by atoms with Crippen LogP contribution in [0, 0.1) is 13.8 Å². The first-order chi connectivity index (χ1) is 11.2. The lowest BCUT2D eigenvalue weighted by Gasteiger charge is -2.05. The number of anilines is 1. The zero-order chi connectivity index (χ0) is 16.1. The van der Waals surface area contributed by atoms with Crippen molar-refractivity contribution in [2.24, 2.45) is 0 Å². The molecule has 3 aromatic rings. The molecule has 0 aliphatic carbocycles. The number of aromatic nitrogens is 4. The Bertz CT molecular complexity index is 770. The zero-order valence-corrected chi connectivity index (χ0v) is 13.3. The molecule has 0 atom stereocenters. The molecule has 0 amide bonds. The summed E-state index contributed by atoms with van der Waals surface area (Å²) in [4.78, 5) is 8.62. The molecular formula is C17H19N5O. The first-order valence-corrected chi connectivity index (χ1v) is 7.62. The highest BCUT2D eigenvalue weighted by molar-refractivity contribution is 5.61. The van der Waals surface area contributed by atoms with Crippen molar-refractivity contribution in [2.45, 2.75) is 26.7 Å². The predicted molar refractivity (Wildman–Crippen MR) is 88.1 cm³/mol. The Kier molecular flexibility index (Phi) is 4.61. The van der Waals surface area contributed by atoms with E-state index in [2.05, 4.69) is 31.5 Å². The number of furan rings is 1. The Morgan fingerprint density at radius 3 is 2.87 bits per heavy atom. The minimum Gasteiger partial charge on any atom is -0.466 e. The molecule has 0 saturated heterocycles. The number of hydrogen-bond donors (Lipinski definition) is 1. The molecule has 118 valence electrons. The van der Waals surface area contributed by atoms with Crippen LogP contribution in [0.25, 0.3) is 11.3 Å². The van der Waals surface area contributed by atoms with E-state index < -0.39 is 0 Å². The van der Waals surface area contributed by atoms with E-state index in [-0.39, 0.29) is 0 Å². The van der Waals surface area contributed by atoms with Gasteiger partial charge in [0.05, 0.1) is 11.9 Å².